The lowest BCUT2D eigenvalue weighted by Crippen LogP contribution is -2.06. The van der Waals surface area contributed by atoms with Gasteiger partial charge in [-0.25, -0.2) is 15.0 Å². The van der Waals surface area contributed by atoms with Crippen LogP contribution in [-0.4, -0.2) is 32.7 Å². The molecule has 2 heterocycles. The molecule has 6 nitrogen and oxygen atoms in total. The van der Waals surface area contributed by atoms with E-state index in [1.807, 2.05) is 24.3 Å². The van der Waals surface area contributed by atoms with Gasteiger partial charge in [0.15, 0.2) is 17.0 Å². The minimum atomic E-state index is 0.246. The van der Waals surface area contributed by atoms with Gasteiger partial charge in [-0.3, -0.25) is 0 Å². The van der Waals surface area contributed by atoms with Crippen LogP contribution in [-0.2, 0) is 0 Å². The average Bonchev–Trinajstić information content (AvgIpc) is 3.31. The van der Waals surface area contributed by atoms with Gasteiger partial charge in [0, 0.05) is 17.6 Å². The predicted molar refractivity (Wildman–Crippen MR) is 94.3 cm³/mol. The number of methoxy groups -OCH3 is 1. The Kier molecular flexibility index (Phi) is 3.59. The molecule has 4 rings (SSSR count). The van der Waals surface area contributed by atoms with E-state index >= 15 is 0 Å². The monoisotopic (exact) mass is 323 g/mol. The highest BCUT2D eigenvalue weighted by atomic mass is 16.5. The van der Waals surface area contributed by atoms with Gasteiger partial charge in [0.25, 0.3) is 0 Å². The summed E-state index contributed by atoms with van der Waals surface area (Å²) in [6, 6.07) is 8.73. The van der Waals surface area contributed by atoms with Crippen molar-refractivity contribution in [3.8, 4) is 17.1 Å². The van der Waals surface area contributed by atoms with E-state index in [9.17, 15) is 0 Å². The number of hydrogen-bond donors (Lipinski definition) is 1. The van der Waals surface area contributed by atoms with E-state index in [-0.39, 0.29) is 6.04 Å². The van der Waals surface area contributed by atoms with Crippen molar-refractivity contribution in [2.45, 2.75) is 38.8 Å². The highest BCUT2D eigenvalue weighted by Gasteiger charge is 2.25. The summed E-state index contributed by atoms with van der Waals surface area (Å²) in [5.74, 6) is 2.57. The van der Waals surface area contributed by atoms with Gasteiger partial charge in [0.1, 0.15) is 17.9 Å². The lowest BCUT2D eigenvalue weighted by molar-refractivity contribution is 0.415. The van der Waals surface area contributed by atoms with Crippen molar-refractivity contribution in [3.05, 3.63) is 30.6 Å². The van der Waals surface area contributed by atoms with Crippen LogP contribution in [0.1, 0.15) is 32.7 Å². The molecule has 3 aromatic rings. The topological polar surface area (TPSA) is 64.9 Å². The summed E-state index contributed by atoms with van der Waals surface area (Å²) >= 11 is 0. The first kappa shape index (κ1) is 14.9. The van der Waals surface area contributed by atoms with Crippen molar-refractivity contribution in [3.63, 3.8) is 0 Å². The number of nitrogens with one attached hydrogen (secondary N) is 1. The fourth-order valence-electron chi connectivity index (χ4n) is 2.87. The van der Waals surface area contributed by atoms with Crippen LogP contribution < -0.4 is 10.1 Å². The molecule has 1 N–H and O–H groups in total. The van der Waals surface area contributed by atoms with Crippen LogP contribution in [0.4, 0.5) is 5.82 Å². The zero-order valence-electron chi connectivity index (χ0n) is 14.2. The van der Waals surface area contributed by atoms with Crippen molar-refractivity contribution in [1.29, 1.82) is 0 Å². The number of benzene rings is 1. The van der Waals surface area contributed by atoms with E-state index < -0.39 is 0 Å². The molecule has 0 aliphatic heterocycles. The first-order chi connectivity index (χ1) is 11.7. The smallest absolute Gasteiger partial charge is 0.166 e. The third-order valence-electron chi connectivity index (χ3n) is 4.26. The summed E-state index contributed by atoms with van der Waals surface area (Å²) in [4.78, 5) is 13.8. The molecular formula is C18H21N5O. The zero-order chi connectivity index (χ0) is 16.7. The Bertz CT molecular complexity index is 865. The highest BCUT2D eigenvalue weighted by molar-refractivity contribution is 5.86. The molecule has 0 unspecified atom stereocenters. The normalized spacial score (nSPS) is 14.3. The van der Waals surface area contributed by atoms with Crippen molar-refractivity contribution >= 4 is 17.0 Å². The van der Waals surface area contributed by atoms with Gasteiger partial charge >= 0.3 is 0 Å². The first-order valence-corrected chi connectivity index (χ1v) is 8.31. The van der Waals surface area contributed by atoms with Crippen LogP contribution in [0.3, 0.4) is 0 Å². The second-order valence-corrected chi connectivity index (χ2v) is 6.44. The molecule has 0 radical (unpaired) electrons. The first-order valence-electron chi connectivity index (χ1n) is 8.31. The lowest BCUT2D eigenvalue weighted by atomic mass is 10.2. The number of ether oxygens (including phenoxy) is 1. The molecule has 124 valence electrons. The molecule has 6 heteroatoms. The number of aromatic nitrogens is 4. The molecular weight excluding hydrogens is 302 g/mol. The van der Waals surface area contributed by atoms with Gasteiger partial charge in [-0.1, -0.05) is 0 Å². The van der Waals surface area contributed by atoms with Crippen molar-refractivity contribution in [1.82, 2.24) is 19.5 Å². The third kappa shape index (κ3) is 2.58. The van der Waals surface area contributed by atoms with Crippen molar-refractivity contribution < 1.29 is 4.74 Å². The zero-order valence-corrected chi connectivity index (χ0v) is 14.2. The van der Waals surface area contributed by atoms with Crippen LogP contribution in [0.15, 0.2) is 30.6 Å². The van der Waals surface area contributed by atoms with Gasteiger partial charge < -0.3 is 14.6 Å². The Morgan fingerprint density at radius 3 is 2.54 bits per heavy atom. The summed E-state index contributed by atoms with van der Waals surface area (Å²) in [6.45, 7) is 4.29. The fraction of sp³-hybridized carbons (Fsp3) is 0.389. The number of anilines is 1. The second-order valence-electron chi connectivity index (χ2n) is 6.44. The lowest BCUT2D eigenvalue weighted by Gasteiger charge is -2.12. The van der Waals surface area contributed by atoms with Crippen LogP contribution in [0.25, 0.3) is 22.6 Å². The van der Waals surface area contributed by atoms with Crippen LogP contribution in [0, 0.1) is 0 Å². The second kappa shape index (κ2) is 5.78. The van der Waals surface area contributed by atoms with E-state index in [0.29, 0.717) is 6.04 Å². The van der Waals surface area contributed by atoms with E-state index in [1.54, 1.807) is 13.4 Å². The molecule has 0 saturated heterocycles. The molecule has 1 aromatic carbocycles. The van der Waals surface area contributed by atoms with Crippen LogP contribution in [0.5, 0.6) is 5.75 Å². The van der Waals surface area contributed by atoms with E-state index in [2.05, 4.69) is 33.7 Å². The summed E-state index contributed by atoms with van der Waals surface area (Å²) in [5, 5.41) is 3.46. The van der Waals surface area contributed by atoms with Gasteiger partial charge in [-0.15, -0.1) is 0 Å². The molecule has 2 aromatic heterocycles. The quantitative estimate of drug-likeness (QED) is 0.776. The predicted octanol–water partition coefficient (Wildman–Crippen LogP) is 3.66. The molecule has 1 fully saturated rings. The molecule has 1 aliphatic carbocycles. The Morgan fingerprint density at radius 1 is 1.17 bits per heavy atom. The fourth-order valence-corrected chi connectivity index (χ4v) is 2.87. The van der Waals surface area contributed by atoms with E-state index in [4.69, 9.17) is 9.72 Å². The molecule has 0 atom stereocenters. The van der Waals surface area contributed by atoms with Gasteiger partial charge in [-0.05, 0) is 51.0 Å². The highest BCUT2D eigenvalue weighted by Crippen LogP contribution is 2.32. The summed E-state index contributed by atoms with van der Waals surface area (Å²) < 4.78 is 7.42. The maximum atomic E-state index is 5.25. The Hall–Kier alpha value is -2.63. The average molecular weight is 323 g/mol. The van der Waals surface area contributed by atoms with E-state index in [1.165, 1.54) is 12.8 Å². The standard InChI is InChI=1S/C18H21N5O/c1-11(2)23-17(12-4-8-14(24-3)9-5-12)22-15-16(21-13-6-7-13)19-10-20-18(15)23/h4-5,8-11,13H,6-7H2,1-3H3,(H,19,20,21). The van der Waals surface area contributed by atoms with Gasteiger partial charge in [0.05, 0.1) is 7.11 Å². The summed E-state index contributed by atoms with van der Waals surface area (Å²) in [5.41, 5.74) is 2.75. The number of imidazole rings is 1. The molecule has 24 heavy (non-hydrogen) atoms. The molecule has 0 bridgehead atoms. The van der Waals surface area contributed by atoms with Crippen LogP contribution in [0.2, 0.25) is 0 Å². The number of hydrogen-bond acceptors (Lipinski definition) is 5. The molecule has 0 amide bonds. The SMILES string of the molecule is COc1ccc(-c2nc3c(NC4CC4)ncnc3n2C(C)C)cc1. The molecule has 1 saturated carbocycles. The minimum Gasteiger partial charge on any atom is -0.497 e. The maximum absolute atomic E-state index is 5.25. The third-order valence-corrected chi connectivity index (χ3v) is 4.26. The number of rotatable bonds is 5. The summed E-state index contributed by atoms with van der Waals surface area (Å²) in [6.07, 6.45) is 4.01. The summed E-state index contributed by atoms with van der Waals surface area (Å²) in [7, 11) is 1.67. The largest absolute Gasteiger partial charge is 0.497 e. The Morgan fingerprint density at radius 2 is 1.92 bits per heavy atom. The van der Waals surface area contributed by atoms with Gasteiger partial charge in [0.2, 0.25) is 0 Å². The molecule has 1 aliphatic rings. The minimum absolute atomic E-state index is 0.246. The maximum Gasteiger partial charge on any atom is 0.166 e. The number of nitrogens with zero attached hydrogens (tertiary/aromatic N) is 4. The van der Waals surface area contributed by atoms with E-state index in [0.717, 1.165) is 34.1 Å². The van der Waals surface area contributed by atoms with Crippen LogP contribution >= 0.6 is 0 Å². The molecule has 0 spiro atoms. The van der Waals surface area contributed by atoms with Crippen molar-refractivity contribution in [2.75, 3.05) is 12.4 Å². The van der Waals surface area contributed by atoms with Gasteiger partial charge in [-0.2, -0.15) is 0 Å². The van der Waals surface area contributed by atoms with Crippen molar-refractivity contribution in [2.24, 2.45) is 0 Å². The number of fused-ring (bicyclic) bond motifs is 1. The Labute approximate surface area is 140 Å². The Balaban J connectivity index is 1.88.